The zero-order valence-electron chi connectivity index (χ0n) is 9.23. The van der Waals surface area contributed by atoms with Crippen LogP contribution in [-0.2, 0) is 4.79 Å². The second kappa shape index (κ2) is 3.94. The molecule has 1 aliphatic rings. The first-order valence-electron chi connectivity index (χ1n) is 5.55. The highest BCUT2D eigenvalue weighted by Crippen LogP contribution is 2.20. The van der Waals surface area contributed by atoms with E-state index in [1.807, 2.05) is 18.2 Å². The lowest BCUT2D eigenvalue weighted by molar-refractivity contribution is -0.115. The molecule has 2 aromatic carbocycles. The van der Waals surface area contributed by atoms with Crippen LogP contribution in [-0.4, -0.2) is 12.5 Å². The molecule has 3 nitrogen and oxygen atoms in total. The molecule has 0 unspecified atom stereocenters. The summed E-state index contributed by atoms with van der Waals surface area (Å²) in [6.07, 6.45) is 1.59. The lowest BCUT2D eigenvalue weighted by Crippen LogP contribution is -2.16. The minimum Gasteiger partial charge on any atom is -0.357 e. The maximum Gasteiger partial charge on any atom is 0.246 e. The Balaban J connectivity index is 1.91. The fourth-order valence-electron chi connectivity index (χ4n) is 1.98. The Morgan fingerprint density at radius 2 is 1.88 bits per heavy atom. The molecule has 2 N–H and O–H groups in total. The monoisotopic (exact) mass is 224 g/mol. The van der Waals surface area contributed by atoms with Gasteiger partial charge in [0.25, 0.3) is 0 Å². The van der Waals surface area contributed by atoms with Gasteiger partial charge in [0.15, 0.2) is 0 Å². The zero-order chi connectivity index (χ0) is 11.7. The summed E-state index contributed by atoms with van der Waals surface area (Å²) in [5.41, 5.74) is 1.91. The van der Waals surface area contributed by atoms with Crippen LogP contribution in [0.4, 0.5) is 5.69 Å². The predicted molar refractivity (Wildman–Crippen MR) is 68.7 cm³/mol. The van der Waals surface area contributed by atoms with Gasteiger partial charge in [0.1, 0.15) is 0 Å². The van der Waals surface area contributed by atoms with Gasteiger partial charge in [-0.2, -0.15) is 0 Å². The molecule has 0 aliphatic carbocycles. The van der Waals surface area contributed by atoms with Crippen LogP contribution in [0.15, 0.2) is 54.2 Å². The number of rotatable bonds is 2. The zero-order valence-corrected chi connectivity index (χ0v) is 9.23. The molecule has 0 saturated heterocycles. The SMILES string of the molecule is O=C1C=C(Nc2ccc3ccccc3c2)CN1. The number of hydrogen-bond donors (Lipinski definition) is 2. The van der Waals surface area contributed by atoms with Crippen molar-refractivity contribution in [3.8, 4) is 0 Å². The quantitative estimate of drug-likeness (QED) is 0.821. The summed E-state index contributed by atoms with van der Waals surface area (Å²) in [5, 5.41) is 8.38. The van der Waals surface area contributed by atoms with Crippen LogP contribution in [0.5, 0.6) is 0 Å². The lowest BCUT2D eigenvalue weighted by Gasteiger charge is -2.07. The maximum atomic E-state index is 11.0. The second-order valence-corrected chi connectivity index (χ2v) is 4.07. The van der Waals surface area contributed by atoms with Gasteiger partial charge in [-0.3, -0.25) is 4.79 Å². The highest BCUT2D eigenvalue weighted by Gasteiger charge is 2.10. The molecule has 3 rings (SSSR count). The van der Waals surface area contributed by atoms with Crippen molar-refractivity contribution < 1.29 is 4.79 Å². The van der Waals surface area contributed by atoms with Gasteiger partial charge in [-0.25, -0.2) is 0 Å². The minimum atomic E-state index is -0.0340. The van der Waals surface area contributed by atoms with Crippen molar-refractivity contribution in [2.75, 3.05) is 11.9 Å². The fourth-order valence-corrected chi connectivity index (χ4v) is 1.98. The van der Waals surface area contributed by atoms with E-state index in [1.54, 1.807) is 6.08 Å². The summed E-state index contributed by atoms with van der Waals surface area (Å²) in [4.78, 5) is 11.0. The number of nitrogens with one attached hydrogen (secondary N) is 2. The molecule has 0 radical (unpaired) electrons. The third kappa shape index (κ3) is 1.99. The molecule has 0 saturated carbocycles. The fraction of sp³-hybridized carbons (Fsp3) is 0.0714. The molecule has 0 fully saturated rings. The maximum absolute atomic E-state index is 11.0. The minimum absolute atomic E-state index is 0.0340. The Bertz CT molecular complexity index is 616. The Morgan fingerprint density at radius 1 is 1.06 bits per heavy atom. The standard InChI is InChI=1S/C14H12N2O/c17-14-8-13(9-15-14)16-12-6-5-10-3-1-2-4-11(10)7-12/h1-8,16H,9H2,(H,15,17). The van der Waals surface area contributed by atoms with Gasteiger partial charge in [0.2, 0.25) is 5.91 Å². The molecule has 1 heterocycles. The smallest absolute Gasteiger partial charge is 0.246 e. The normalized spacial score (nSPS) is 14.6. The summed E-state index contributed by atoms with van der Waals surface area (Å²) >= 11 is 0. The Hall–Kier alpha value is -2.29. The summed E-state index contributed by atoms with van der Waals surface area (Å²) in [7, 11) is 0. The third-order valence-corrected chi connectivity index (χ3v) is 2.81. The Kier molecular flexibility index (Phi) is 2.29. The first-order chi connectivity index (χ1) is 8.31. The molecule has 0 spiro atoms. The van der Waals surface area contributed by atoms with E-state index >= 15 is 0 Å². The molecule has 3 heteroatoms. The number of amides is 1. The summed E-state index contributed by atoms with van der Waals surface area (Å²) in [6, 6.07) is 14.4. The van der Waals surface area contributed by atoms with Gasteiger partial charge in [-0.1, -0.05) is 30.3 Å². The topological polar surface area (TPSA) is 41.1 Å². The van der Waals surface area contributed by atoms with Crippen molar-refractivity contribution in [2.45, 2.75) is 0 Å². The van der Waals surface area contributed by atoms with E-state index in [9.17, 15) is 4.79 Å². The average Bonchev–Trinajstić information content (AvgIpc) is 2.75. The van der Waals surface area contributed by atoms with E-state index in [0.717, 1.165) is 11.4 Å². The van der Waals surface area contributed by atoms with Crippen molar-refractivity contribution in [1.82, 2.24) is 5.32 Å². The van der Waals surface area contributed by atoms with Crippen LogP contribution in [0.25, 0.3) is 10.8 Å². The van der Waals surface area contributed by atoms with Crippen LogP contribution >= 0.6 is 0 Å². The molecule has 2 aromatic rings. The van der Waals surface area contributed by atoms with Crippen LogP contribution in [0, 0.1) is 0 Å². The summed E-state index contributed by atoms with van der Waals surface area (Å²) in [6.45, 7) is 0.575. The van der Waals surface area contributed by atoms with Crippen molar-refractivity contribution in [1.29, 1.82) is 0 Å². The molecule has 0 atom stereocenters. The van der Waals surface area contributed by atoms with E-state index < -0.39 is 0 Å². The van der Waals surface area contributed by atoms with Crippen molar-refractivity contribution in [3.63, 3.8) is 0 Å². The van der Waals surface area contributed by atoms with Crippen LogP contribution in [0.1, 0.15) is 0 Å². The number of fused-ring (bicyclic) bond motifs is 1. The number of carbonyl (C=O) groups is 1. The molecular weight excluding hydrogens is 212 g/mol. The van der Waals surface area contributed by atoms with E-state index in [2.05, 4.69) is 34.9 Å². The van der Waals surface area contributed by atoms with Gasteiger partial charge in [-0.05, 0) is 22.9 Å². The Morgan fingerprint density at radius 3 is 2.65 bits per heavy atom. The molecule has 0 bridgehead atoms. The second-order valence-electron chi connectivity index (χ2n) is 4.07. The van der Waals surface area contributed by atoms with Crippen molar-refractivity contribution >= 4 is 22.4 Å². The van der Waals surface area contributed by atoms with E-state index in [0.29, 0.717) is 6.54 Å². The van der Waals surface area contributed by atoms with Crippen molar-refractivity contribution in [3.05, 3.63) is 54.2 Å². The van der Waals surface area contributed by atoms with E-state index in [4.69, 9.17) is 0 Å². The molecule has 84 valence electrons. The van der Waals surface area contributed by atoms with E-state index in [1.165, 1.54) is 10.8 Å². The van der Waals surface area contributed by atoms with Gasteiger partial charge in [-0.15, -0.1) is 0 Å². The molecule has 17 heavy (non-hydrogen) atoms. The summed E-state index contributed by atoms with van der Waals surface area (Å²) in [5.74, 6) is -0.0340. The van der Waals surface area contributed by atoms with Crippen LogP contribution < -0.4 is 10.6 Å². The van der Waals surface area contributed by atoms with Gasteiger partial charge in [0, 0.05) is 17.5 Å². The van der Waals surface area contributed by atoms with E-state index in [-0.39, 0.29) is 5.91 Å². The number of benzene rings is 2. The first kappa shape index (κ1) is 9.90. The third-order valence-electron chi connectivity index (χ3n) is 2.81. The molecule has 1 amide bonds. The molecule has 0 aromatic heterocycles. The average molecular weight is 224 g/mol. The number of anilines is 1. The van der Waals surface area contributed by atoms with Gasteiger partial charge < -0.3 is 10.6 Å². The highest BCUT2D eigenvalue weighted by atomic mass is 16.1. The predicted octanol–water partition coefficient (Wildman–Crippen LogP) is 2.27. The van der Waals surface area contributed by atoms with Crippen LogP contribution in [0.2, 0.25) is 0 Å². The lowest BCUT2D eigenvalue weighted by atomic mass is 10.1. The van der Waals surface area contributed by atoms with Gasteiger partial charge >= 0.3 is 0 Å². The van der Waals surface area contributed by atoms with Crippen LogP contribution in [0.3, 0.4) is 0 Å². The molecular formula is C14H12N2O. The van der Waals surface area contributed by atoms with Crippen molar-refractivity contribution in [2.24, 2.45) is 0 Å². The Labute approximate surface area is 99.1 Å². The summed E-state index contributed by atoms with van der Waals surface area (Å²) < 4.78 is 0. The first-order valence-corrected chi connectivity index (χ1v) is 5.55. The molecule has 1 aliphatic heterocycles. The largest absolute Gasteiger partial charge is 0.357 e. The number of hydrogen-bond acceptors (Lipinski definition) is 2. The van der Waals surface area contributed by atoms with Gasteiger partial charge in [0.05, 0.1) is 6.54 Å². The highest BCUT2D eigenvalue weighted by molar-refractivity contribution is 5.92. The number of carbonyl (C=O) groups excluding carboxylic acids is 1.